The molecule has 1 heterocycles. The Bertz CT molecular complexity index is 915. The Kier molecular flexibility index (Phi) is 11.3. The highest BCUT2D eigenvalue weighted by atomic mass is 79.9. The number of benzene rings is 2. The molecule has 1 aliphatic rings. The second-order valence-electron chi connectivity index (χ2n) is 7.37. The van der Waals surface area contributed by atoms with E-state index in [1.54, 1.807) is 0 Å². The van der Waals surface area contributed by atoms with Crippen LogP contribution in [-0.2, 0) is 14.4 Å². The fourth-order valence-corrected chi connectivity index (χ4v) is 3.38. The smallest absolute Gasteiger partial charge is 0.414 e. The first-order valence-electron chi connectivity index (χ1n) is 10.5. The third kappa shape index (κ3) is 10.9. The van der Waals surface area contributed by atoms with Crippen LogP contribution in [0.3, 0.4) is 0 Å². The minimum atomic E-state index is -1.82. The maximum Gasteiger partial charge on any atom is 0.414 e. The van der Waals surface area contributed by atoms with Crippen LogP contribution in [0.5, 0.6) is 0 Å². The van der Waals surface area contributed by atoms with Gasteiger partial charge in [-0.25, -0.2) is 9.59 Å². The molecule has 0 aromatic heterocycles. The fraction of sp³-hybridized carbons (Fsp3) is 0.292. The number of amides is 1. The van der Waals surface area contributed by atoms with Crippen LogP contribution in [0.2, 0.25) is 0 Å². The van der Waals surface area contributed by atoms with Crippen molar-refractivity contribution in [3.05, 3.63) is 70.7 Å². The standard InChI is InChI=1S/C22H26BrN3O.C2H2O4/c23-20-8-10-21(11-9-20)24-22(27)12-14-26-17-15-25(16-18-26)13-4-7-19-5-2-1-3-6-19;3-1(4)2(5)6/h1-11H,12-18H2,(H,24,27);(H,3,4)(H,5,6)/b7-4+;. The molecule has 0 bridgehead atoms. The van der Waals surface area contributed by atoms with Crippen LogP contribution in [0.1, 0.15) is 12.0 Å². The van der Waals surface area contributed by atoms with Crippen LogP contribution >= 0.6 is 15.9 Å². The minimum absolute atomic E-state index is 0.0746. The van der Waals surface area contributed by atoms with Gasteiger partial charge in [0.2, 0.25) is 5.91 Å². The summed E-state index contributed by atoms with van der Waals surface area (Å²) in [6.45, 7) is 5.93. The Morgan fingerprint density at radius 3 is 2.03 bits per heavy atom. The average molecular weight is 518 g/mol. The normalized spacial score (nSPS) is 14.3. The zero-order chi connectivity index (χ0) is 24.1. The number of carbonyl (C=O) groups is 3. The first-order chi connectivity index (χ1) is 15.8. The van der Waals surface area contributed by atoms with Crippen LogP contribution in [0.4, 0.5) is 5.69 Å². The lowest BCUT2D eigenvalue weighted by Gasteiger charge is -2.34. The van der Waals surface area contributed by atoms with Crippen LogP contribution in [0.25, 0.3) is 6.08 Å². The second-order valence-corrected chi connectivity index (χ2v) is 8.29. The molecular weight excluding hydrogens is 490 g/mol. The van der Waals surface area contributed by atoms with Gasteiger partial charge >= 0.3 is 11.9 Å². The minimum Gasteiger partial charge on any atom is -0.473 e. The van der Waals surface area contributed by atoms with Crippen molar-refractivity contribution < 1.29 is 24.6 Å². The van der Waals surface area contributed by atoms with Crippen LogP contribution in [0, 0.1) is 0 Å². The molecule has 8 nitrogen and oxygen atoms in total. The Morgan fingerprint density at radius 1 is 0.879 bits per heavy atom. The summed E-state index contributed by atoms with van der Waals surface area (Å²) in [5, 5.41) is 17.7. The van der Waals surface area contributed by atoms with E-state index < -0.39 is 11.9 Å². The lowest BCUT2D eigenvalue weighted by Crippen LogP contribution is -2.46. The summed E-state index contributed by atoms with van der Waals surface area (Å²) < 4.78 is 1.01. The number of hydrogen-bond donors (Lipinski definition) is 3. The third-order valence-corrected chi connectivity index (χ3v) is 5.43. The van der Waals surface area contributed by atoms with E-state index in [4.69, 9.17) is 19.8 Å². The molecule has 0 unspecified atom stereocenters. The van der Waals surface area contributed by atoms with Gasteiger partial charge in [-0.3, -0.25) is 9.69 Å². The molecule has 0 saturated carbocycles. The molecule has 33 heavy (non-hydrogen) atoms. The van der Waals surface area contributed by atoms with Gasteiger partial charge in [0.15, 0.2) is 0 Å². The Labute approximate surface area is 201 Å². The fourth-order valence-electron chi connectivity index (χ4n) is 3.11. The predicted molar refractivity (Wildman–Crippen MR) is 131 cm³/mol. The van der Waals surface area contributed by atoms with Gasteiger partial charge in [-0.15, -0.1) is 0 Å². The van der Waals surface area contributed by atoms with Gasteiger partial charge in [-0.05, 0) is 29.8 Å². The molecule has 0 spiro atoms. The van der Waals surface area contributed by atoms with Crippen molar-refractivity contribution in [1.29, 1.82) is 0 Å². The van der Waals surface area contributed by atoms with Crippen molar-refractivity contribution in [2.45, 2.75) is 6.42 Å². The molecule has 3 N–H and O–H groups in total. The van der Waals surface area contributed by atoms with E-state index in [1.165, 1.54) is 5.56 Å². The molecule has 176 valence electrons. The summed E-state index contributed by atoms with van der Waals surface area (Å²) in [6.07, 6.45) is 4.94. The van der Waals surface area contributed by atoms with E-state index in [0.717, 1.165) is 49.4 Å². The number of hydrogen-bond acceptors (Lipinski definition) is 5. The molecular formula is C24H28BrN3O5. The Hall–Kier alpha value is -3.01. The van der Waals surface area contributed by atoms with E-state index in [0.29, 0.717) is 6.42 Å². The Morgan fingerprint density at radius 2 is 1.45 bits per heavy atom. The second kappa shape index (κ2) is 14.2. The zero-order valence-corrected chi connectivity index (χ0v) is 19.8. The predicted octanol–water partition coefficient (Wildman–Crippen LogP) is 3.26. The number of nitrogens with zero attached hydrogens (tertiary/aromatic N) is 2. The molecule has 3 rings (SSSR count). The largest absolute Gasteiger partial charge is 0.473 e. The molecule has 2 aromatic rings. The van der Waals surface area contributed by atoms with Crippen LogP contribution < -0.4 is 5.32 Å². The van der Waals surface area contributed by atoms with Gasteiger partial charge < -0.3 is 20.4 Å². The van der Waals surface area contributed by atoms with Crippen molar-refractivity contribution in [1.82, 2.24) is 9.80 Å². The highest BCUT2D eigenvalue weighted by Crippen LogP contribution is 2.14. The van der Waals surface area contributed by atoms with Crippen molar-refractivity contribution in [2.75, 3.05) is 44.6 Å². The van der Waals surface area contributed by atoms with E-state index in [-0.39, 0.29) is 5.91 Å². The number of rotatable bonds is 7. The Balaban J connectivity index is 0.000000569. The van der Waals surface area contributed by atoms with Gasteiger partial charge in [0.25, 0.3) is 0 Å². The summed E-state index contributed by atoms with van der Waals surface area (Å²) in [4.78, 5) is 35.1. The number of carbonyl (C=O) groups excluding carboxylic acids is 1. The van der Waals surface area contributed by atoms with Crippen molar-refractivity contribution >= 4 is 45.5 Å². The zero-order valence-electron chi connectivity index (χ0n) is 18.2. The SMILES string of the molecule is O=C(CCN1CCN(C/C=C/c2ccccc2)CC1)Nc1ccc(Br)cc1.O=C(O)C(=O)O. The van der Waals surface area contributed by atoms with E-state index in [9.17, 15) is 4.79 Å². The van der Waals surface area contributed by atoms with Gasteiger partial charge in [-0.1, -0.05) is 58.4 Å². The van der Waals surface area contributed by atoms with Crippen LogP contribution in [-0.4, -0.2) is 77.1 Å². The van der Waals surface area contributed by atoms with Gasteiger partial charge in [0.05, 0.1) is 0 Å². The highest BCUT2D eigenvalue weighted by molar-refractivity contribution is 9.10. The van der Waals surface area contributed by atoms with Crippen molar-refractivity contribution in [3.8, 4) is 0 Å². The molecule has 1 saturated heterocycles. The van der Waals surface area contributed by atoms with E-state index >= 15 is 0 Å². The first kappa shape index (κ1) is 26.2. The third-order valence-electron chi connectivity index (χ3n) is 4.90. The molecule has 0 atom stereocenters. The molecule has 0 radical (unpaired) electrons. The number of aliphatic carboxylic acids is 2. The highest BCUT2D eigenvalue weighted by Gasteiger charge is 2.16. The maximum absolute atomic E-state index is 12.1. The topological polar surface area (TPSA) is 110 Å². The molecule has 0 aliphatic carbocycles. The van der Waals surface area contributed by atoms with Crippen molar-refractivity contribution in [3.63, 3.8) is 0 Å². The van der Waals surface area contributed by atoms with E-state index in [1.807, 2.05) is 30.3 Å². The molecule has 1 fully saturated rings. The number of carboxylic acids is 2. The number of nitrogens with one attached hydrogen (secondary N) is 1. The van der Waals surface area contributed by atoms with E-state index in [2.05, 4.69) is 67.5 Å². The van der Waals surface area contributed by atoms with Gasteiger partial charge in [-0.2, -0.15) is 0 Å². The number of carboxylic acid groups (broad SMARTS) is 2. The van der Waals surface area contributed by atoms with Gasteiger partial charge in [0, 0.05) is 55.8 Å². The van der Waals surface area contributed by atoms with Gasteiger partial charge in [0.1, 0.15) is 0 Å². The summed E-state index contributed by atoms with van der Waals surface area (Å²) in [6, 6.07) is 18.1. The molecule has 1 aliphatic heterocycles. The first-order valence-corrected chi connectivity index (χ1v) is 11.3. The average Bonchev–Trinajstić information content (AvgIpc) is 2.81. The summed E-state index contributed by atoms with van der Waals surface area (Å²) >= 11 is 3.40. The maximum atomic E-state index is 12.1. The molecule has 1 amide bonds. The molecule has 9 heteroatoms. The number of piperazine rings is 1. The lowest BCUT2D eigenvalue weighted by molar-refractivity contribution is -0.159. The summed E-state index contributed by atoms with van der Waals surface area (Å²) in [7, 11) is 0. The monoisotopic (exact) mass is 517 g/mol. The quantitative estimate of drug-likeness (QED) is 0.483. The number of halogens is 1. The summed E-state index contributed by atoms with van der Waals surface area (Å²) in [5.74, 6) is -3.57. The van der Waals surface area contributed by atoms with Crippen LogP contribution in [0.15, 0.2) is 65.1 Å². The van der Waals surface area contributed by atoms with Crippen molar-refractivity contribution in [2.24, 2.45) is 0 Å². The molecule has 2 aromatic carbocycles. The number of anilines is 1. The lowest BCUT2D eigenvalue weighted by atomic mass is 10.2. The summed E-state index contributed by atoms with van der Waals surface area (Å²) in [5.41, 5.74) is 2.09.